The Labute approximate surface area is 145 Å². The molecule has 1 aromatic carbocycles. The zero-order valence-electron chi connectivity index (χ0n) is 14.3. The number of aryl methyl sites for hydroxylation is 1. The lowest BCUT2D eigenvalue weighted by Gasteiger charge is -2.08. The Morgan fingerprint density at radius 3 is 2.56 bits per heavy atom. The van der Waals surface area contributed by atoms with Crippen LogP contribution in [0.5, 0.6) is 0 Å². The molecule has 0 saturated carbocycles. The average molecular weight is 336 g/mol. The molecule has 25 heavy (non-hydrogen) atoms. The molecule has 0 radical (unpaired) electrons. The summed E-state index contributed by atoms with van der Waals surface area (Å²) in [6.07, 6.45) is 6.41. The van der Waals surface area contributed by atoms with Crippen molar-refractivity contribution in [1.82, 2.24) is 14.5 Å². The Balaban J connectivity index is 1.97. The van der Waals surface area contributed by atoms with Gasteiger partial charge in [0.1, 0.15) is 0 Å². The van der Waals surface area contributed by atoms with Crippen LogP contribution >= 0.6 is 0 Å². The lowest BCUT2D eigenvalue weighted by Crippen LogP contribution is -2.19. The van der Waals surface area contributed by atoms with Gasteiger partial charge in [-0.1, -0.05) is 26.0 Å². The molecule has 1 amide bonds. The number of hydrogen-bond acceptors (Lipinski definition) is 4. The summed E-state index contributed by atoms with van der Waals surface area (Å²) in [5, 5.41) is 4.20. The molecular weight excluding hydrogens is 316 g/mol. The SMILES string of the molecule is CCCn1ccc2ccc(-c3cnc(NC(=O)CC)nc3)cc2c1=O. The van der Waals surface area contributed by atoms with Gasteiger partial charge in [0.25, 0.3) is 5.56 Å². The lowest BCUT2D eigenvalue weighted by atomic mass is 10.0. The summed E-state index contributed by atoms with van der Waals surface area (Å²) in [6.45, 7) is 4.52. The predicted octanol–water partition coefficient (Wildman–Crippen LogP) is 3.22. The molecule has 0 aliphatic heterocycles. The largest absolute Gasteiger partial charge is 0.315 e. The summed E-state index contributed by atoms with van der Waals surface area (Å²) in [5.41, 5.74) is 1.67. The van der Waals surface area contributed by atoms with Crippen LogP contribution in [-0.2, 0) is 11.3 Å². The minimum atomic E-state index is -0.130. The van der Waals surface area contributed by atoms with Gasteiger partial charge in [0, 0.05) is 42.5 Å². The highest BCUT2D eigenvalue weighted by molar-refractivity contribution is 5.89. The molecule has 128 valence electrons. The number of pyridine rings is 1. The molecule has 1 N–H and O–H groups in total. The third-order valence-corrected chi connectivity index (χ3v) is 4.00. The van der Waals surface area contributed by atoms with E-state index in [4.69, 9.17) is 0 Å². The van der Waals surface area contributed by atoms with E-state index in [0.29, 0.717) is 18.4 Å². The van der Waals surface area contributed by atoms with Crippen LogP contribution < -0.4 is 10.9 Å². The standard InChI is InChI=1S/C19H20N4O2/c1-3-8-23-9-7-13-5-6-14(10-16(13)18(23)25)15-11-20-19(21-12-15)22-17(24)4-2/h5-7,9-12H,3-4,8H2,1-2H3,(H,20,21,22,24). The van der Waals surface area contributed by atoms with Crippen LogP contribution in [0.3, 0.4) is 0 Å². The normalized spacial score (nSPS) is 10.8. The molecule has 2 aromatic heterocycles. The highest BCUT2D eigenvalue weighted by Gasteiger charge is 2.07. The van der Waals surface area contributed by atoms with Crippen molar-refractivity contribution in [3.8, 4) is 11.1 Å². The van der Waals surface area contributed by atoms with Gasteiger partial charge in [-0.3, -0.25) is 14.9 Å². The Hall–Kier alpha value is -3.02. The number of aromatic nitrogens is 3. The second-order valence-corrected chi connectivity index (χ2v) is 5.81. The second-order valence-electron chi connectivity index (χ2n) is 5.81. The number of hydrogen-bond donors (Lipinski definition) is 1. The number of carbonyl (C=O) groups is 1. The summed E-state index contributed by atoms with van der Waals surface area (Å²) >= 11 is 0. The van der Waals surface area contributed by atoms with E-state index in [9.17, 15) is 9.59 Å². The maximum absolute atomic E-state index is 12.6. The van der Waals surface area contributed by atoms with Gasteiger partial charge < -0.3 is 4.57 Å². The second kappa shape index (κ2) is 7.25. The molecule has 3 aromatic rings. The van der Waals surface area contributed by atoms with E-state index in [1.807, 2.05) is 37.4 Å². The van der Waals surface area contributed by atoms with Crippen LogP contribution in [0.1, 0.15) is 26.7 Å². The van der Waals surface area contributed by atoms with Crippen LogP contribution in [0.4, 0.5) is 5.95 Å². The first kappa shape index (κ1) is 16.8. The van der Waals surface area contributed by atoms with Gasteiger partial charge in [-0.2, -0.15) is 0 Å². The number of anilines is 1. The minimum absolute atomic E-state index is 0.00828. The fourth-order valence-electron chi connectivity index (χ4n) is 2.63. The topological polar surface area (TPSA) is 76.9 Å². The van der Waals surface area contributed by atoms with E-state index in [1.165, 1.54) is 0 Å². The molecule has 0 aliphatic carbocycles. The zero-order valence-corrected chi connectivity index (χ0v) is 14.3. The summed E-state index contributed by atoms with van der Waals surface area (Å²) in [7, 11) is 0. The van der Waals surface area contributed by atoms with E-state index >= 15 is 0 Å². The van der Waals surface area contributed by atoms with Crippen molar-refractivity contribution in [3.63, 3.8) is 0 Å². The first-order valence-corrected chi connectivity index (χ1v) is 8.38. The van der Waals surface area contributed by atoms with E-state index in [1.54, 1.807) is 23.9 Å². The lowest BCUT2D eigenvalue weighted by molar-refractivity contribution is -0.115. The highest BCUT2D eigenvalue weighted by Crippen LogP contribution is 2.22. The van der Waals surface area contributed by atoms with Crippen LogP contribution in [-0.4, -0.2) is 20.4 Å². The fourth-order valence-corrected chi connectivity index (χ4v) is 2.63. The first-order valence-electron chi connectivity index (χ1n) is 8.38. The van der Waals surface area contributed by atoms with E-state index < -0.39 is 0 Å². The highest BCUT2D eigenvalue weighted by atomic mass is 16.1. The molecule has 0 saturated heterocycles. The molecule has 3 rings (SSSR count). The molecule has 2 heterocycles. The van der Waals surface area contributed by atoms with Crippen LogP contribution in [0.25, 0.3) is 21.9 Å². The van der Waals surface area contributed by atoms with Crippen molar-refractivity contribution < 1.29 is 4.79 Å². The van der Waals surface area contributed by atoms with Crippen LogP contribution in [0.15, 0.2) is 47.7 Å². The number of fused-ring (bicyclic) bond motifs is 1. The third kappa shape index (κ3) is 3.57. The smallest absolute Gasteiger partial charge is 0.258 e. The summed E-state index contributed by atoms with van der Waals surface area (Å²) < 4.78 is 1.73. The molecule has 6 heteroatoms. The minimum Gasteiger partial charge on any atom is -0.315 e. The maximum atomic E-state index is 12.6. The molecule has 6 nitrogen and oxygen atoms in total. The number of amides is 1. The summed E-state index contributed by atoms with van der Waals surface area (Å²) in [5.74, 6) is 0.150. The van der Waals surface area contributed by atoms with Crippen LogP contribution in [0.2, 0.25) is 0 Å². The van der Waals surface area contributed by atoms with Gasteiger partial charge in [0.15, 0.2) is 0 Å². The van der Waals surface area contributed by atoms with Crippen LogP contribution in [0, 0.1) is 0 Å². The van der Waals surface area contributed by atoms with Gasteiger partial charge in [0.05, 0.1) is 0 Å². The molecule has 0 bridgehead atoms. The van der Waals surface area contributed by atoms with E-state index in [0.717, 1.165) is 22.9 Å². The van der Waals surface area contributed by atoms with Crippen molar-refractivity contribution in [2.75, 3.05) is 5.32 Å². The number of nitrogens with zero attached hydrogens (tertiary/aromatic N) is 3. The van der Waals surface area contributed by atoms with Gasteiger partial charge in [-0.05, 0) is 29.5 Å². The van der Waals surface area contributed by atoms with Crippen molar-refractivity contribution >= 4 is 22.6 Å². The third-order valence-electron chi connectivity index (χ3n) is 4.00. The number of carbonyl (C=O) groups excluding carboxylic acids is 1. The summed E-state index contributed by atoms with van der Waals surface area (Å²) in [4.78, 5) is 32.3. The average Bonchev–Trinajstić information content (AvgIpc) is 2.64. The van der Waals surface area contributed by atoms with E-state index in [2.05, 4.69) is 15.3 Å². The van der Waals surface area contributed by atoms with Gasteiger partial charge in [-0.15, -0.1) is 0 Å². The van der Waals surface area contributed by atoms with E-state index in [-0.39, 0.29) is 17.4 Å². The van der Waals surface area contributed by atoms with Gasteiger partial charge in [0.2, 0.25) is 11.9 Å². The van der Waals surface area contributed by atoms with Gasteiger partial charge in [-0.25, -0.2) is 9.97 Å². The quantitative estimate of drug-likeness (QED) is 0.776. The predicted molar refractivity (Wildman–Crippen MR) is 98.4 cm³/mol. The Morgan fingerprint density at radius 1 is 1.12 bits per heavy atom. The number of nitrogens with one attached hydrogen (secondary N) is 1. The van der Waals surface area contributed by atoms with Crippen molar-refractivity contribution in [3.05, 3.63) is 53.2 Å². The van der Waals surface area contributed by atoms with Crippen molar-refractivity contribution in [2.45, 2.75) is 33.2 Å². The molecule has 0 spiro atoms. The number of rotatable bonds is 5. The fraction of sp³-hybridized carbons (Fsp3) is 0.263. The van der Waals surface area contributed by atoms with Crippen molar-refractivity contribution in [2.24, 2.45) is 0 Å². The Kier molecular flexibility index (Phi) is 4.88. The Bertz CT molecular complexity index is 961. The molecule has 0 unspecified atom stereocenters. The van der Waals surface area contributed by atoms with Crippen molar-refractivity contribution in [1.29, 1.82) is 0 Å². The molecule has 0 aliphatic rings. The molecule has 0 atom stereocenters. The maximum Gasteiger partial charge on any atom is 0.258 e. The monoisotopic (exact) mass is 336 g/mol. The molecular formula is C19H20N4O2. The molecule has 0 fully saturated rings. The summed E-state index contributed by atoms with van der Waals surface area (Å²) in [6, 6.07) is 7.69. The first-order chi connectivity index (χ1) is 12.1. The van der Waals surface area contributed by atoms with Gasteiger partial charge >= 0.3 is 0 Å². The zero-order chi connectivity index (χ0) is 17.8. The number of benzene rings is 1. The Morgan fingerprint density at radius 2 is 1.88 bits per heavy atom.